The summed E-state index contributed by atoms with van der Waals surface area (Å²) in [5.41, 5.74) is 1.88. The Hall–Kier alpha value is -2.50. The lowest BCUT2D eigenvalue weighted by Crippen LogP contribution is -2.08. The number of nitrogens with zero attached hydrogens (tertiary/aromatic N) is 2. The molecule has 0 bridgehead atoms. The summed E-state index contributed by atoms with van der Waals surface area (Å²) < 4.78 is 5.16. The summed E-state index contributed by atoms with van der Waals surface area (Å²) in [4.78, 5) is 8.66. The first-order valence-electron chi connectivity index (χ1n) is 8.06. The molecule has 0 unspecified atom stereocenters. The molecule has 1 aromatic heterocycles. The molecule has 0 amide bonds. The van der Waals surface area contributed by atoms with E-state index in [0.29, 0.717) is 21.7 Å². The minimum absolute atomic E-state index is 0.448. The fraction of sp³-hybridized carbons (Fsp3) is 0.158. The SMILES string of the molecule is COc1ccc(CCNc2ccnc(Nc3cc(Cl)ccc3Cl)n2)cc1. The molecule has 0 saturated heterocycles. The summed E-state index contributed by atoms with van der Waals surface area (Å²) in [5.74, 6) is 2.03. The molecule has 0 aliphatic rings. The number of methoxy groups -OCH3 is 1. The molecule has 0 aliphatic heterocycles. The van der Waals surface area contributed by atoms with Crippen LogP contribution in [0.3, 0.4) is 0 Å². The van der Waals surface area contributed by atoms with Gasteiger partial charge in [-0.05, 0) is 48.4 Å². The number of hydrogen-bond donors (Lipinski definition) is 2. The first-order valence-corrected chi connectivity index (χ1v) is 8.81. The van der Waals surface area contributed by atoms with Gasteiger partial charge in [0.05, 0.1) is 17.8 Å². The van der Waals surface area contributed by atoms with Crippen LogP contribution in [0.15, 0.2) is 54.7 Å². The molecule has 2 N–H and O–H groups in total. The van der Waals surface area contributed by atoms with Gasteiger partial charge in [0.25, 0.3) is 0 Å². The molecular formula is C19H18Cl2N4O. The van der Waals surface area contributed by atoms with Crippen LogP contribution >= 0.6 is 23.2 Å². The van der Waals surface area contributed by atoms with Crippen LogP contribution in [-0.2, 0) is 6.42 Å². The molecule has 0 atom stereocenters. The highest BCUT2D eigenvalue weighted by Crippen LogP contribution is 2.27. The normalized spacial score (nSPS) is 10.4. The smallest absolute Gasteiger partial charge is 0.229 e. The van der Waals surface area contributed by atoms with Gasteiger partial charge in [-0.15, -0.1) is 0 Å². The van der Waals surface area contributed by atoms with E-state index in [1.807, 2.05) is 18.2 Å². The zero-order valence-corrected chi connectivity index (χ0v) is 15.7. The van der Waals surface area contributed by atoms with Gasteiger partial charge in [0.2, 0.25) is 5.95 Å². The first-order chi connectivity index (χ1) is 12.6. The first kappa shape index (κ1) is 18.3. The van der Waals surface area contributed by atoms with E-state index in [2.05, 4.69) is 32.7 Å². The summed E-state index contributed by atoms with van der Waals surface area (Å²) in [6.45, 7) is 0.751. The third kappa shape index (κ3) is 5.00. The molecule has 1 heterocycles. The van der Waals surface area contributed by atoms with Gasteiger partial charge in [0.15, 0.2) is 0 Å². The molecule has 0 saturated carbocycles. The van der Waals surface area contributed by atoms with Crippen molar-refractivity contribution in [2.45, 2.75) is 6.42 Å². The Morgan fingerprint density at radius 3 is 2.62 bits per heavy atom. The molecular weight excluding hydrogens is 371 g/mol. The number of halogens is 2. The Labute approximate surface area is 162 Å². The van der Waals surface area contributed by atoms with E-state index in [4.69, 9.17) is 27.9 Å². The molecule has 2 aromatic carbocycles. The van der Waals surface area contributed by atoms with Crippen LogP contribution in [0.4, 0.5) is 17.5 Å². The molecule has 0 fully saturated rings. The van der Waals surface area contributed by atoms with Crippen molar-refractivity contribution >= 4 is 40.7 Å². The maximum absolute atomic E-state index is 6.16. The quantitative estimate of drug-likeness (QED) is 0.582. The Balaban J connectivity index is 1.59. The summed E-state index contributed by atoms with van der Waals surface area (Å²) >= 11 is 12.2. The van der Waals surface area contributed by atoms with Gasteiger partial charge in [-0.25, -0.2) is 4.98 Å². The Morgan fingerprint density at radius 1 is 1.04 bits per heavy atom. The van der Waals surface area contributed by atoms with E-state index in [1.54, 1.807) is 31.5 Å². The zero-order valence-electron chi connectivity index (χ0n) is 14.2. The lowest BCUT2D eigenvalue weighted by atomic mass is 10.1. The minimum atomic E-state index is 0.448. The molecule has 0 spiro atoms. The fourth-order valence-electron chi connectivity index (χ4n) is 2.36. The van der Waals surface area contributed by atoms with E-state index >= 15 is 0 Å². The maximum Gasteiger partial charge on any atom is 0.229 e. The average Bonchev–Trinajstić information content (AvgIpc) is 2.66. The highest BCUT2D eigenvalue weighted by Gasteiger charge is 2.05. The second-order valence-corrected chi connectivity index (χ2v) is 6.38. The minimum Gasteiger partial charge on any atom is -0.497 e. The van der Waals surface area contributed by atoms with Crippen LogP contribution < -0.4 is 15.4 Å². The predicted molar refractivity (Wildman–Crippen MR) is 107 cm³/mol. The van der Waals surface area contributed by atoms with Crippen molar-refractivity contribution in [3.63, 3.8) is 0 Å². The van der Waals surface area contributed by atoms with Crippen LogP contribution in [0.2, 0.25) is 10.0 Å². The van der Waals surface area contributed by atoms with Crippen LogP contribution in [0.25, 0.3) is 0 Å². The second kappa shape index (κ2) is 8.74. The van der Waals surface area contributed by atoms with Crippen molar-refractivity contribution in [1.29, 1.82) is 0 Å². The number of aromatic nitrogens is 2. The van der Waals surface area contributed by atoms with Crippen molar-refractivity contribution in [3.05, 3.63) is 70.3 Å². The van der Waals surface area contributed by atoms with E-state index in [9.17, 15) is 0 Å². The zero-order chi connectivity index (χ0) is 18.4. The van der Waals surface area contributed by atoms with E-state index < -0.39 is 0 Å². The van der Waals surface area contributed by atoms with Crippen molar-refractivity contribution in [2.24, 2.45) is 0 Å². The topological polar surface area (TPSA) is 59.1 Å². The van der Waals surface area contributed by atoms with Crippen molar-refractivity contribution in [3.8, 4) is 5.75 Å². The summed E-state index contributed by atoms with van der Waals surface area (Å²) in [7, 11) is 1.66. The fourth-order valence-corrected chi connectivity index (χ4v) is 2.70. The van der Waals surface area contributed by atoms with Crippen LogP contribution in [-0.4, -0.2) is 23.6 Å². The van der Waals surface area contributed by atoms with Gasteiger partial charge in [0.1, 0.15) is 11.6 Å². The summed E-state index contributed by atoms with van der Waals surface area (Å²) in [5, 5.41) is 7.51. The molecule has 26 heavy (non-hydrogen) atoms. The van der Waals surface area contributed by atoms with Gasteiger partial charge in [-0.2, -0.15) is 4.98 Å². The maximum atomic E-state index is 6.16. The third-order valence-corrected chi connectivity index (χ3v) is 4.27. The Kier molecular flexibility index (Phi) is 6.15. The molecule has 3 rings (SSSR count). The van der Waals surface area contributed by atoms with Gasteiger partial charge < -0.3 is 15.4 Å². The van der Waals surface area contributed by atoms with E-state index in [1.165, 1.54) is 5.56 Å². The molecule has 0 aliphatic carbocycles. The molecule has 5 nitrogen and oxygen atoms in total. The number of ether oxygens (including phenoxy) is 1. The van der Waals surface area contributed by atoms with Crippen LogP contribution in [0, 0.1) is 0 Å². The van der Waals surface area contributed by atoms with E-state index in [0.717, 1.165) is 24.5 Å². The standard InChI is InChI=1S/C19H18Cl2N4O/c1-26-15-5-2-13(3-6-15)8-10-22-18-9-11-23-19(25-18)24-17-12-14(20)4-7-16(17)21/h2-7,9,11-12H,8,10H2,1H3,(H2,22,23,24,25). The average molecular weight is 389 g/mol. The lowest BCUT2D eigenvalue weighted by Gasteiger charge is -2.10. The predicted octanol–water partition coefficient (Wildman–Crippen LogP) is 5.19. The van der Waals surface area contributed by atoms with Gasteiger partial charge in [0, 0.05) is 17.8 Å². The number of benzene rings is 2. The number of rotatable bonds is 7. The second-order valence-electron chi connectivity index (χ2n) is 5.54. The highest BCUT2D eigenvalue weighted by atomic mass is 35.5. The Morgan fingerprint density at radius 2 is 1.85 bits per heavy atom. The van der Waals surface area contributed by atoms with Crippen LogP contribution in [0.1, 0.15) is 5.56 Å². The monoisotopic (exact) mass is 388 g/mol. The highest BCUT2D eigenvalue weighted by molar-refractivity contribution is 6.35. The van der Waals surface area contributed by atoms with E-state index in [-0.39, 0.29) is 0 Å². The largest absolute Gasteiger partial charge is 0.497 e. The molecule has 3 aromatic rings. The van der Waals surface area contributed by atoms with Crippen molar-refractivity contribution < 1.29 is 4.74 Å². The molecule has 7 heteroatoms. The van der Waals surface area contributed by atoms with Crippen molar-refractivity contribution in [2.75, 3.05) is 24.3 Å². The van der Waals surface area contributed by atoms with Gasteiger partial charge >= 0.3 is 0 Å². The molecule has 134 valence electrons. The third-order valence-electron chi connectivity index (χ3n) is 3.71. The van der Waals surface area contributed by atoms with Gasteiger partial charge in [-0.3, -0.25) is 0 Å². The number of anilines is 3. The summed E-state index contributed by atoms with van der Waals surface area (Å²) in [6, 6.07) is 15.0. The molecule has 0 radical (unpaired) electrons. The lowest BCUT2D eigenvalue weighted by molar-refractivity contribution is 0.414. The van der Waals surface area contributed by atoms with Crippen molar-refractivity contribution in [1.82, 2.24) is 9.97 Å². The van der Waals surface area contributed by atoms with Gasteiger partial charge in [-0.1, -0.05) is 35.3 Å². The summed E-state index contributed by atoms with van der Waals surface area (Å²) in [6.07, 6.45) is 2.56. The number of nitrogens with one attached hydrogen (secondary N) is 2. The van der Waals surface area contributed by atoms with Crippen LogP contribution in [0.5, 0.6) is 5.75 Å². The Bertz CT molecular complexity index is 872. The number of hydrogen-bond acceptors (Lipinski definition) is 5.